The van der Waals surface area contributed by atoms with Crippen molar-refractivity contribution in [3.05, 3.63) is 78.5 Å². The number of halogens is 2. The summed E-state index contributed by atoms with van der Waals surface area (Å²) in [5.74, 6) is 0.437. The molecule has 206 valence electrons. The molecule has 0 amide bonds. The van der Waals surface area contributed by atoms with Gasteiger partial charge in [-0.2, -0.15) is 8.78 Å². The fraction of sp³-hybridized carbons (Fsp3) is 0.296. The maximum absolute atomic E-state index is 13.8. The highest BCUT2D eigenvalue weighted by molar-refractivity contribution is 7.07. The fourth-order valence-electron chi connectivity index (χ4n) is 4.26. The van der Waals surface area contributed by atoms with E-state index in [4.69, 9.17) is 18.9 Å². The monoisotopic (exact) mass is 560 g/mol. The molecule has 0 saturated carbocycles. The Hall–Kier alpha value is -4.19. The molecule has 0 N–H and O–H groups in total. The Morgan fingerprint density at radius 3 is 2.28 bits per heavy atom. The number of rotatable bonds is 9. The van der Waals surface area contributed by atoms with Crippen LogP contribution in [0.15, 0.2) is 57.5 Å². The molecule has 4 rings (SSSR count). The molecule has 1 atom stereocenters. The van der Waals surface area contributed by atoms with E-state index in [9.17, 15) is 18.4 Å². The first-order chi connectivity index (χ1) is 18.7. The van der Waals surface area contributed by atoms with Crippen LogP contribution in [-0.2, 0) is 9.53 Å². The van der Waals surface area contributed by atoms with E-state index in [1.54, 1.807) is 44.2 Å². The van der Waals surface area contributed by atoms with Crippen LogP contribution in [0.5, 0.6) is 23.0 Å². The lowest BCUT2D eigenvalue weighted by molar-refractivity contribution is -0.139. The number of hydrogen-bond acceptors (Lipinski definition) is 9. The summed E-state index contributed by atoms with van der Waals surface area (Å²) in [5.41, 5.74) is 1.29. The zero-order valence-corrected chi connectivity index (χ0v) is 22.6. The van der Waals surface area contributed by atoms with Gasteiger partial charge in [0.1, 0.15) is 5.75 Å². The molecular formula is C27H26F2N2O7S. The summed E-state index contributed by atoms with van der Waals surface area (Å²) in [4.78, 5) is 31.8. The summed E-state index contributed by atoms with van der Waals surface area (Å²) in [6.45, 7) is 0.560. The molecule has 12 heteroatoms. The third-order valence-corrected chi connectivity index (χ3v) is 6.91. The van der Waals surface area contributed by atoms with E-state index in [1.807, 2.05) is 0 Å². The van der Waals surface area contributed by atoms with Gasteiger partial charge in [0.15, 0.2) is 16.3 Å². The Balaban J connectivity index is 1.93. The fourth-order valence-corrected chi connectivity index (χ4v) is 5.31. The van der Waals surface area contributed by atoms with Gasteiger partial charge in [-0.05, 0) is 55.3 Å². The molecule has 0 spiro atoms. The van der Waals surface area contributed by atoms with E-state index in [1.165, 1.54) is 38.0 Å². The Morgan fingerprint density at radius 2 is 1.74 bits per heavy atom. The second-order valence-electron chi connectivity index (χ2n) is 8.21. The van der Waals surface area contributed by atoms with E-state index in [0.717, 1.165) is 11.3 Å². The molecule has 0 unspecified atom stereocenters. The van der Waals surface area contributed by atoms with Crippen molar-refractivity contribution in [2.75, 3.05) is 27.9 Å². The molecule has 0 bridgehead atoms. The van der Waals surface area contributed by atoms with Crippen molar-refractivity contribution in [3.63, 3.8) is 0 Å². The molecule has 1 aromatic heterocycles. The number of carbonyl (C=O) groups is 1. The molecule has 0 radical (unpaired) electrons. The van der Waals surface area contributed by atoms with E-state index in [-0.39, 0.29) is 17.9 Å². The molecule has 0 fully saturated rings. The molecule has 9 nitrogen and oxygen atoms in total. The van der Waals surface area contributed by atoms with Crippen LogP contribution in [0.3, 0.4) is 0 Å². The van der Waals surface area contributed by atoms with Gasteiger partial charge in [0, 0.05) is 0 Å². The highest BCUT2D eigenvalue weighted by atomic mass is 32.1. The minimum atomic E-state index is -2.94. The number of benzene rings is 2. The standard InChI is InChI=1S/C27H26F2N2O7S/c1-6-37-25(33)21-14(2)30-27-31(22(21)16-12-18(34-3)23(36-5)19(13-16)35-4)24(32)20(39-27)11-15-7-9-17(10-8-15)38-26(28)29/h7-13,22,26H,6H2,1-5H3/b20-11+/t22-/m0/s1. The number of alkyl halides is 2. The first-order valence-corrected chi connectivity index (χ1v) is 12.6. The summed E-state index contributed by atoms with van der Waals surface area (Å²) in [7, 11) is 4.42. The predicted octanol–water partition coefficient (Wildman–Crippen LogP) is 3.43. The number of aromatic nitrogens is 1. The van der Waals surface area contributed by atoms with Crippen molar-refractivity contribution in [3.8, 4) is 23.0 Å². The second-order valence-corrected chi connectivity index (χ2v) is 9.22. The van der Waals surface area contributed by atoms with Crippen LogP contribution in [0.4, 0.5) is 8.78 Å². The molecule has 3 aromatic rings. The molecule has 1 aliphatic rings. The number of allylic oxidation sites excluding steroid dienone is 1. The Kier molecular flexibility index (Phi) is 8.34. The normalized spacial score (nSPS) is 15.1. The molecule has 39 heavy (non-hydrogen) atoms. The van der Waals surface area contributed by atoms with Gasteiger partial charge in [-0.15, -0.1) is 0 Å². The van der Waals surface area contributed by atoms with Crippen molar-refractivity contribution in [2.24, 2.45) is 4.99 Å². The topological polar surface area (TPSA) is 97.6 Å². The lowest BCUT2D eigenvalue weighted by atomic mass is 9.95. The van der Waals surface area contributed by atoms with Crippen LogP contribution < -0.4 is 33.8 Å². The highest BCUT2D eigenvalue weighted by Gasteiger charge is 2.34. The SMILES string of the molecule is CCOC(=O)C1=C(C)N=c2s/c(=C/c3ccc(OC(F)F)cc3)c(=O)n2[C@H]1c1cc(OC)c(OC)c(OC)c1. The molecule has 2 aromatic carbocycles. The Morgan fingerprint density at radius 1 is 1.10 bits per heavy atom. The molecule has 1 aliphatic heterocycles. The number of esters is 1. The van der Waals surface area contributed by atoms with Crippen LogP contribution in [0, 0.1) is 0 Å². The van der Waals surface area contributed by atoms with E-state index >= 15 is 0 Å². The van der Waals surface area contributed by atoms with Crippen LogP contribution in [-0.4, -0.2) is 45.1 Å². The lowest BCUT2D eigenvalue weighted by Gasteiger charge is -2.26. The van der Waals surface area contributed by atoms with Gasteiger partial charge in [0.25, 0.3) is 5.56 Å². The first kappa shape index (κ1) is 27.8. The number of hydrogen-bond donors (Lipinski definition) is 0. The number of fused-ring (bicyclic) bond motifs is 1. The van der Waals surface area contributed by atoms with Gasteiger partial charge < -0.3 is 23.7 Å². The third kappa shape index (κ3) is 5.51. The molecule has 0 aliphatic carbocycles. The highest BCUT2D eigenvalue weighted by Crippen LogP contribution is 2.42. The maximum atomic E-state index is 13.8. The van der Waals surface area contributed by atoms with Gasteiger partial charge in [-0.1, -0.05) is 23.5 Å². The van der Waals surface area contributed by atoms with Gasteiger partial charge in [-0.3, -0.25) is 9.36 Å². The Bertz CT molecular complexity index is 1570. The van der Waals surface area contributed by atoms with Crippen molar-refractivity contribution in [1.29, 1.82) is 0 Å². The summed E-state index contributed by atoms with van der Waals surface area (Å²) in [6.07, 6.45) is 1.62. The minimum absolute atomic E-state index is 0.000661. The quantitative estimate of drug-likeness (QED) is 0.370. The predicted molar refractivity (Wildman–Crippen MR) is 140 cm³/mol. The van der Waals surface area contributed by atoms with E-state index in [2.05, 4.69) is 9.73 Å². The minimum Gasteiger partial charge on any atom is -0.493 e. The smallest absolute Gasteiger partial charge is 0.387 e. The summed E-state index contributed by atoms with van der Waals surface area (Å²) in [6, 6.07) is 8.32. The zero-order valence-electron chi connectivity index (χ0n) is 21.8. The van der Waals surface area contributed by atoms with Crippen LogP contribution >= 0.6 is 11.3 Å². The number of nitrogens with zero attached hydrogens (tertiary/aromatic N) is 2. The zero-order chi connectivity index (χ0) is 28.3. The van der Waals surface area contributed by atoms with Crippen molar-refractivity contribution < 1.29 is 37.3 Å². The second kappa shape index (κ2) is 11.7. The van der Waals surface area contributed by atoms with E-state index < -0.39 is 24.2 Å². The number of methoxy groups -OCH3 is 3. The van der Waals surface area contributed by atoms with Crippen LogP contribution in [0.1, 0.15) is 31.0 Å². The number of thiazole rings is 1. The molecule has 2 heterocycles. The molecule has 0 saturated heterocycles. The third-order valence-electron chi connectivity index (χ3n) is 5.92. The Labute approximate surface area is 226 Å². The van der Waals surface area contributed by atoms with Crippen molar-refractivity contribution >= 4 is 23.4 Å². The average Bonchev–Trinajstić information content (AvgIpc) is 3.21. The van der Waals surface area contributed by atoms with Crippen LogP contribution in [0.25, 0.3) is 6.08 Å². The molecular weight excluding hydrogens is 534 g/mol. The van der Waals surface area contributed by atoms with Crippen LogP contribution in [0.2, 0.25) is 0 Å². The maximum Gasteiger partial charge on any atom is 0.387 e. The summed E-state index contributed by atoms with van der Waals surface area (Å²) >= 11 is 1.13. The summed E-state index contributed by atoms with van der Waals surface area (Å²) in [5, 5.41) is 0. The van der Waals surface area contributed by atoms with Crippen molar-refractivity contribution in [2.45, 2.75) is 26.5 Å². The lowest BCUT2D eigenvalue weighted by Crippen LogP contribution is -2.40. The first-order valence-electron chi connectivity index (χ1n) is 11.8. The van der Waals surface area contributed by atoms with Crippen molar-refractivity contribution in [1.82, 2.24) is 4.57 Å². The van der Waals surface area contributed by atoms with E-state index in [0.29, 0.717) is 43.4 Å². The van der Waals surface area contributed by atoms with Gasteiger partial charge >= 0.3 is 12.6 Å². The number of carbonyl (C=O) groups excluding carboxylic acids is 1. The van der Waals surface area contributed by atoms with Gasteiger partial charge in [-0.25, -0.2) is 9.79 Å². The average molecular weight is 561 g/mol. The summed E-state index contributed by atoms with van der Waals surface area (Å²) < 4.78 is 52.9. The largest absolute Gasteiger partial charge is 0.493 e. The van der Waals surface area contributed by atoms with Gasteiger partial charge in [0.2, 0.25) is 5.75 Å². The van der Waals surface area contributed by atoms with Gasteiger partial charge in [0.05, 0.1) is 49.8 Å². The number of ether oxygens (including phenoxy) is 5.